The van der Waals surface area contributed by atoms with E-state index in [9.17, 15) is 25.0 Å². The highest BCUT2D eigenvalue weighted by molar-refractivity contribution is 14.1. The van der Waals surface area contributed by atoms with Crippen molar-refractivity contribution >= 4 is 46.1 Å². The number of ether oxygens (including phenoxy) is 3. The third-order valence-electron chi connectivity index (χ3n) is 4.77. The summed E-state index contributed by atoms with van der Waals surface area (Å²) < 4.78 is 17.2. The molecule has 2 aromatic rings. The van der Waals surface area contributed by atoms with Gasteiger partial charge in [0.05, 0.1) is 52.1 Å². The van der Waals surface area contributed by atoms with Crippen molar-refractivity contribution in [3.8, 4) is 17.2 Å². The number of non-ortho nitro benzene ring substituents is 1. The Labute approximate surface area is 213 Å². The lowest BCUT2D eigenvalue weighted by Gasteiger charge is -2.25. The average molecular weight is 599 g/mol. The Kier molecular flexibility index (Phi) is 9.27. The molecule has 0 spiro atoms. The maximum Gasteiger partial charge on any atom is 0.318 e. The number of nitro groups is 2. The first-order valence-electron chi connectivity index (χ1n) is 10.5. The minimum atomic E-state index is -0.754. The molecule has 0 radical (unpaired) electrons. The highest BCUT2D eigenvalue weighted by Gasteiger charge is 2.23. The Morgan fingerprint density at radius 2 is 1.94 bits per heavy atom. The lowest BCUT2D eigenvalue weighted by molar-refractivity contribution is -0.394. The second-order valence-electron chi connectivity index (χ2n) is 7.21. The van der Waals surface area contributed by atoms with Crippen LogP contribution in [0.4, 0.5) is 11.4 Å². The van der Waals surface area contributed by atoms with E-state index in [0.717, 1.165) is 12.1 Å². The van der Waals surface area contributed by atoms with Crippen LogP contribution in [0.25, 0.3) is 0 Å². The summed E-state index contributed by atoms with van der Waals surface area (Å²) in [6.45, 7) is 4.80. The van der Waals surface area contributed by atoms with Gasteiger partial charge >= 0.3 is 5.69 Å². The van der Waals surface area contributed by atoms with Gasteiger partial charge in [-0.3, -0.25) is 29.9 Å². The van der Waals surface area contributed by atoms with Gasteiger partial charge in [-0.05, 0) is 53.3 Å². The smallest absolute Gasteiger partial charge is 0.318 e. The average Bonchev–Trinajstić information content (AvgIpc) is 2.82. The molecule has 35 heavy (non-hydrogen) atoms. The van der Waals surface area contributed by atoms with Crippen LogP contribution in [0.3, 0.4) is 0 Å². The van der Waals surface area contributed by atoms with E-state index in [-0.39, 0.29) is 36.3 Å². The first-order chi connectivity index (χ1) is 16.8. The zero-order valence-corrected chi connectivity index (χ0v) is 20.8. The van der Waals surface area contributed by atoms with Crippen LogP contribution in [0, 0.1) is 23.8 Å². The Balaban J connectivity index is 1.78. The standard InChI is InChI=1S/C21H22IN5O8/c1-2-34-19-10-14(12-23-24-20(28)13-25-5-7-33-8-6-25)9-16(22)21(19)35-18-4-3-15(26(29)30)11-17(18)27(31)32/h3-4,9-12H,2,5-8,13H2,1H3,(H,24,28)/b23-12-. The topological polar surface area (TPSA) is 159 Å². The molecule has 186 valence electrons. The number of nitrogens with zero attached hydrogens (tertiary/aromatic N) is 4. The molecule has 0 bridgehead atoms. The minimum absolute atomic E-state index is 0.170. The number of carbonyl (C=O) groups excluding carboxylic acids is 1. The van der Waals surface area contributed by atoms with Crippen molar-refractivity contribution in [3.05, 3.63) is 59.7 Å². The van der Waals surface area contributed by atoms with Gasteiger partial charge < -0.3 is 14.2 Å². The van der Waals surface area contributed by atoms with Gasteiger partial charge in [-0.1, -0.05) is 0 Å². The van der Waals surface area contributed by atoms with E-state index < -0.39 is 21.2 Å². The number of amides is 1. The molecule has 1 aliphatic heterocycles. The first-order valence-corrected chi connectivity index (χ1v) is 11.6. The SMILES string of the molecule is CCOc1cc(/C=N\NC(=O)CN2CCOCC2)cc(I)c1Oc1ccc([N+](=O)[O-])cc1[N+](=O)[O-]. The number of hydrazone groups is 1. The van der Waals surface area contributed by atoms with E-state index in [1.165, 1.54) is 12.3 Å². The van der Waals surface area contributed by atoms with Gasteiger partial charge in [0.15, 0.2) is 11.5 Å². The first kappa shape index (κ1) is 26.2. The van der Waals surface area contributed by atoms with Crippen LogP contribution in [0.15, 0.2) is 35.4 Å². The highest BCUT2D eigenvalue weighted by Crippen LogP contribution is 2.41. The third kappa shape index (κ3) is 7.30. The number of nitrogens with one attached hydrogen (secondary N) is 1. The molecule has 0 atom stereocenters. The van der Waals surface area contributed by atoms with Crippen LogP contribution >= 0.6 is 22.6 Å². The van der Waals surface area contributed by atoms with E-state index in [1.54, 1.807) is 19.1 Å². The van der Waals surface area contributed by atoms with Crippen molar-refractivity contribution in [2.24, 2.45) is 5.10 Å². The molecule has 1 amide bonds. The molecule has 1 N–H and O–H groups in total. The molecular weight excluding hydrogens is 577 g/mol. The summed E-state index contributed by atoms with van der Waals surface area (Å²) in [5, 5.41) is 26.4. The van der Waals surface area contributed by atoms with Crippen LogP contribution < -0.4 is 14.9 Å². The molecule has 13 nitrogen and oxygen atoms in total. The Morgan fingerprint density at radius 1 is 1.20 bits per heavy atom. The lowest BCUT2D eigenvalue weighted by atomic mass is 10.2. The van der Waals surface area contributed by atoms with E-state index in [1.807, 2.05) is 27.5 Å². The van der Waals surface area contributed by atoms with Crippen LogP contribution in [0.1, 0.15) is 12.5 Å². The van der Waals surface area contributed by atoms with Crippen LogP contribution in [-0.4, -0.2) is 66.3 Å². The second kappa shape index (κ2) is 12.4. The normalized spacial score (nSPS) is 14.0. The van der Waals surface area contributed by atoms with Crippen molar-refractivity contribution in [1.29, 1.82) is 0 Å². The number of hydrogen-bond acceptors (Lipinski definition) is 10. The van der Waals surface area contributed by atoms with Crippen LogP contribution in [0.5, 0.6) is 17.2 Å². The van der Waals surface area contributed by atoms with Gasteiger partial charge in [-0.2, -0.15) is 5.10 Å². The number of halogens is 1. The predicted molar refractivity (Wildman–Crippen MR) is 133 cm³/mol. The van der Waals surface area contributed by atoms with Crippen LogP contribution in [-0.2, 0) is 9.53 Å². The molecule has 1 aliphatic rings. The van der Waals surface area contributed by atoms with Crippen LogP contribution in [0.2, 0.25) is 0 Å². The monoisotopic (exact) mass is 599 g/mol. The molecule has 0 aliphatic carbocycles. The molecule has 0 unspecified atom stereocenters. The molecule has 2 aromatic carbocycles. The van der Waals surface area contributed by atoms with Gasteiger partial charge in [-0.25, -0.2) is 5.43 Å². The maximum atomic E-state index is 12.1. The van der Waals surface area contributed by atoms with Crippen molar-refractivity contribution in [3.63, 3.8) is 0 Å². The van der Waals surface area contributed by atoms with Gasteiger partial charge in [0, 0.05) is 19.2 Å². The number of hydrogen-bond donors (Lipinski definition) is 1. The summed E-state index contributed by atoms with van der Waals surface area (Å²) in [6, 6.07) is 6.42. The number of benzene rings is 2. The molecule has 0 aromatic heterocycles. The Morgan fingerprint density at radius 3 is 2.60 bits per heavy atom. The fraction of sp³-hybridized carbons (Fsp3) is 0.333. The van der Waals surface area contributed by atoms with Crippen molar-refractivity contribution in [1.82, 2.24) is 10.3 Å². The fourth-order valence-electron chi connectivity index (χ4n) is 3.16. The van der Waals surface area contributed by atoms with E-state index in [4.69, 9.17) is 14.2 Å². The van der Waals surface area contributed by atoms with Crippen molar-refractivity contribution < 1.29 is 28.9 Å². The summed E-state index contributed by atoms with van der Waals surface area (Å²) in [6.07, 6.45) is 1.44. The maximum absolute atomic E-state index is 12.1. The van der Waals surface area contributed by atoms with E-state index >= 15 is 0 Å². The summed E-state index contributed by atoms with van der Waals surface area (Å²) in [5.74, 6) is 0.0654. The largest absolute Gasteiger partial charge is 0.490 e. The number of morpholine rings is 1. The zero-order valence-electron chi connectivity index (χ0n) is 18.6. The summed E-state index contributed by atoms with van der Waals surface area (Å²) in [4.78, 5) is 35.0. The summed E-state index contributed by atoms with van der Waals surface area (Å²) in [5.41, 5.74) is 2.10. The van der Waals surface area contributed by atoms with Crippen molar-refractivity contribution in [2.45, 2.75) is 6.92 Å². The molecular formula is C21H22IN5O8. The van der Waals surface area contributed by atoms with Crippen molar-refractivity contribution in [2.75, 3.05) is 39.5 Å². The highest BCUT2D eigenvalue weighted by atomic mass is 127. The minimum Gasteiger partial charge on any atom is -0.490 e. The molecule has 0 saturated carbocycles. The number of nitro benzene ring substituents is 2. The van der Waals surface area contributed by atoms with Gasteiger partial charge in [0.25, 0.3) is 11.6 Å². The van der Waals surface area contributed by atoms with Gasteiger partial charge in [0.1, 0.15) is 0 Å². The van der Waals surface area contributed by atoms with E-state index in [2.05, 4.69) is 10.5 Å². The predicted octanol–water partition coefficient (Wildman–Crippen LogP) is 3.08. The lowest BCUT2D eigenvalue weighted by Crippen LogP contribution is -2.42. The summed E-state index contributed by atoms with van der Waals surface area (Å²) >= 11 is 1.98. The number of rotatable bonds is 10. The number of carbonyl (C=O) groups is 1. The third-order valence-corrected chi connectivity index (χ3v) is 5.57. The Bertz CT molecular complexity index is 1140. The quantitative estimate of drug-likeness (QED) is 0.188. The molecule has 14 heteroatoms. The van der Waals surface area contributed by atoms with E-state index in [0.29, 0.717) is 35.4 Å². The van der Waals surface area contributed by atoms with Gasteiger partial charge in [-0.15, -0.1) is 0 Å². The Hall–Kier alpha value is -3.37. The molecule has 1 saturated heterocycles. The fourth-order valence-corrected chi connectivity index (χ4v) is 3.89. The molecule has 3 rings (SSSR count). The second-order valence-corrected chi connectivity index (χ2v) is 8.38. The molecule has 1 fully saturated rings. The van der Waals surface area contributed by atoms with Gasteiger partial charge in [0.2, 0.25) is 5.75 Å². The summed E-state index contributed by atoms with van der Waals surface area (Å²) in [7, 11) is 0. The zero-order chi connectivity index (χ0) is 25.4. The molecule has 1 heterocycles.